The molecule has 3 unspecified atom stereocenters. The van der Waals surface area contributed by atoms with Crippen molar-refractivity contribution in [3.05, 3.63) is 40.4 Å². The van der Waals surface area contributed by atoms with E-state index in [9.17, 15) is 27.9 Å². The average Bonchev–Trinajstić information content (AvgIpc) is 3.77. The van der Waals surface area contributed by atoms with Gasteiger partial charge in [-0.1, -0.05) is 5.16 Å². The van der Waals surface area contributed by atoms with Gasteiger partial charge in [-0.3, -0.25) is 19.6 Å². The van der Waals surface area contributed by atoms with E-state index in [1.54, 1.807) is 12.1 Å². The lowest BCUT2D eigenvalue weighted by Gasteiger charge is -2.50. The van der Waals surface area contributed by atoms with Gasteiger partial charge >= 0.3 is 16.4 Å². The van der Waals surface area contributed by atoms with Crippen LogP contribution in [0.1, 0.15) is 63.3 Å². The highest BCUT2D eigenvalue weighted by Crippen LogP contribution is 2.49. The highest BCUT2D eigenvalue weighted by Gasteiger charge is 2.58. The Morgan fingerprint density at radius 2 is 1.98 bits per heavy atom. The molecule has 2 saturated carbocycles. The van der Waals surface area contributed by atoms with Crippen LogP contribution in [-0.2, 0) is 40.3 Å². The third kappa shape index (κ3) is 6.72. The van der Waals surface area contributed by atoms with Gasteiger partial charge in [0.05, 0.1) is 5.54 Å². The second-order valence-corrected chi connectivity index (χ2v) is 15.5. The lowest BCUT2D eigenvalue weighted by molar-refractivity contribution is -0.218. The average molecular weight is 735 g/mol. The molecule has 0 bridgehead atoms. The molecular formula is C30H38N8O10S2. The van der Waals surface area contributed by atoms with Gasteiger partial charge in [0.1, 0.15) is 23.3 Å². The first-order valence-electron chi connectivity index (χ1n) is 15.8. The third-order valence-electron chi connectivity index (χ3n) is 9.86. The summed E-state index contributed by atoms with van der Waals surface area (Å²) in [6.07, 6.45) is 2.45. The van der Waals surface area contributed by atoms with Gasteiger partial charge in [0, 0.05) is 23.0 Å². The number of thiazole rings is 1. The molecule has 3 fully saturated rings. The van der Waals surface area contributed by atoms with Gasteiger partial charge in [-0.15, -0.1) is 15.6 Å². The number of rotatable bonds is 11. The molecule has 6 rings (SSSR count). The van der Waals surface area contributed by atoms with Crippen molar-refractivity contribution < 1.29 is 46.3 Å². The summed E-state index contributed by atoms with van der Waals surface area (Å²) in [5, 5.41) is 30.5. The van der Waals surface area contributed by atoms with E-state index in [-0.39, 0.29) is 29.3 Å². The number of carbonyl (C=O) groups excluding carboxylic acids is 2. The third-order valence-corrected chi connectivity index (χ3v) is 10.9. The normalized spacial score (nSPS) is 28.1. The van der Waals surface area contributed by atoms with Crippen molar-refractivity contribution in [3.63, 3.8) is 0 Å². The fraction of sp³-hybridized carbons (Fsp3) is 0.533. The minimum atomic E-state index is -5.03. The number of benzene rings is 1. The number of amidine groups is 1. The quantitative estimate of drug-likeness (QED) is 0.0546. The van der Waals surface area contributed by atoms with Crippen LogP contribution >= 0.6 is 11.3 Å². The molecule has 270 valence electrons. The number of nitrogen functional groups attached to an aromatic ring is 1. The van der Waals surface area contributed by atoms with E-state index in [1.165, 1.54) is 26.2 Å². The fourth-order valence-corrected chi connectivity index (χ4v) is 7.77. The number of carboxylic acid groups (broad SMARTS) is 1. The highest BCUT2D eigenvalue weighted by molar-refractivity contribution is 7.80. The van der Waals surface area contributed by atoms with Crippen LogP contribution in [0.15, 0.2) is 28.7 Å². The first-order valence-corrected chi connectivity index (χ1v) is 18.1. The van der Waals surface area contributed by atoms with Crippen molar-refractivity contribution >= 4 is 56.2 Å². The SMILES string of the molecule is CC(ON=C(C(=O)NC1C(=O)N(OS(=O)(=O)O)C1(C)C)c1csc(N)n1)(C(=O)O)C1CCc2cc(C(=N)N[C@@H]3CC[C@H](N)[C@H]4C[C@H]43)ccc2O1. The number of nitrogens with two attached hydrogens (primary N) is 2. The maximum atomic E-state index is 13.5. The minimum Gasteiger partial charge on any atom is -0.485 e. The predicted molar refractivity (Wildman–Crippen MR) is 177 cm³/mol. The molecule has 0 spiro atoms. The molecule has 2 aliphatic carbocycles. The Balaban J connectivity index is 1.17. The van der Waals surface area contributed by atoms with Crippen molar-refractivity contribution in [3.8, 4) is 5.75 Å². The van der Waals surface area contributed by atoms with E-state index in [0.29, 0.717) is 40.5 Å². The number of carbonyl (C=O) groups is 3. The van der Waals surface area contributed by atoms with E-state index in [0.717, 1.165) is 36.2 Å². The maximum Gasteiger partial charge on any atom is 0.418 e. The standard InChI is InChI=1S/C30H38N8O10S2/c1-29(2)23(26(40)38(29)48-50(43,44)45)36-25(39)22(19-12-49-28(33)35-19)37-47-30(3,27(41)42)21-9-5-13-10-14(4-8-20(13)46-21)24(32)34-18-7-6-17(31)15-11-16(15)18/h4,8,10,12,15-18,21,23H,5-7,9,11,31H2,1-3H3,(H2,32,34)(H2,33,35)(H,36,39)(H,41,42)(H,43,44,45)/t15-,16+,17-,18+,21?,23?,30?/m0/s1. The number of aryl methyl sites for hydroxylation is 1. The summed E-state index contributed by atoms with van der Waals surface area (Å²) < 4.78 is 41.8. The summed E-state index contributed by atoms with van der Waals surface area (Å²) in [4.78, 5) is 48.4. The van der Waals surface area contributed by atoms with Crippen LogP contribution in [0.5, 0.6) is 5.75 Å². The number of aromatic nitrogens is 1. The number of hydroxylamine groups is 2. The zero-order chi connectivity index (χ0) is 36.3. The fourth-order valence-electron chi connectivity index (χ4n) is 6.77. The molecule has 1 aromatic heterocycles. The summed E-state index contributed by atoms with van der Waals surface area (Å²) in [6.45, 7) is 3.99. The maximum absolute atomic E-state index is 13.5. The highest BCUT2D eigenvalue weighted by atomic mass is 32.3. The van der Waals surface area contributed by atoms with Gasteiger partial charge in [-0.2, -0.15) is 13.5 Å². The Morgan fingerprint density at radius 1 is 1.24 bits per heavy atom. The van der Waals surface area contributed by atoms with E-state index in [2.05, 4.69) is 25.1 Å². The molecule has 4 aliphatic rings. The summed E-state index contributed by atoms with van der Waals surface area (Å²) in [5.41, 5.74) is 9.25. The number of nitrogens with one attached hydrogen (secondary N) is 3. The number of amides is 2. The van der Waals surface area contributed by atoms with Gasteiger partial charge in [0.25, 0.3) is 17.4 Å². The zero-order valence-corrected chi connectivity index (χ0v) is 28.9. The van der Waals surface area contributed by atoms with Crippen molar-refractivity contribution in [1.82, 2.24) is 20.7 Å². The molecule has 2 aromatic rings. The van der Waals surface area contributed by atoms with Crippen molar-refractivity contribution in [1.29, 1.82) is 5.41 Å². The van der Waals surface area contributed by atoms with Crippen LogP contribution in [-0.4, -0.2) is 92.8 Å². The summed E-state index contributed by atoms with van der Waals surface area (Å²) >= 11 is 0.966. The van der Waals surface area contributed by atoms with Crippen LogP contribution in [0.2, 0.25) is 0 Å². The largest absolute Gasteiger partial charge is 0.485 e. The Morgan fingerprint density at radius 3 is 2.62 bits per heavy atom. The first kappa shape index (κ1) is 35.5. The predicted octanol–water partition coefficient (Wildman–Crippen LogP) is 0.564. The van der Waals surface area contributed by atoms with Crippen LogP contribution in [0.25, 0.3) is 0 Å². The molecule has 50 heavy (non-hydrogen) atoms. The monoisotopic (exact) mass is 734 g/mol. The molecule has 20 heteroatoms. The molecule has 7 atom stereocenters. The number of fused-ring (bicyclic) bond motifs is 2. The van der Waals surface area contributed by atoms with Gasteiger partial charge in [0.15, 0.2) is 16.9 Å². The topological polar surface area (TPSA) is 282 Å². The van der Waals surface area contributed by atoms with Crippen LogP contribution in [0, 0.1) is 17.2 Å². The van der Waals surface area contributed by atoms with Gasteiger partial charge in [0.2, 0.25) is 0 Å². The van der Waals surface area contributed by atoms with Crippen LogP contribution in [0.3, 0.4) is 0 Å². The van der Waals surface area contributed by atoms with Crippen LogP contribution < -0.4 is 26.8 Å². The lowest BCUT2D eigenvalue weighted by atomic mass is 9.84. The second-order valence-electron chi connectivity index (χ2n) is 13.6. The van der Waals surface area contributed by atoms with Crippen molar-refractivity contribution in [2.24, 2.45) is 22.7 Å². The summed E-state index contributed by atoms with van der Waals surface area (Å²) in [6, 6.07) is 4.36. The van der Waals surface area contributed by atoms with E-state index < -0.39 is 57.2 Å². The summed E-state index contributed by atoms with van der Waals surface area (Å²) in [7, 11) is -5.03. The van der Waals surface area contributed by atoms with Gasteiger partial charge < -0.3 is 36.8 Å². The number of β-lactam (4-membered cyclic amide) rings is 1. The lowest BCUT2D eigenvalue weighted by Crippen LogP contribution is -2.76. The molecule has 9 N–H and O–H groups in total. The Bertz CT molecular complexity index is 1880. The van der Waals surface area contributed by atoms with Crippen LogP contribution in [0.4, 0.5) is 5.13 Å². The van der Waals surface area contributed by atoms with Crippen molar-refractivity contribution in [2.75, 3.05) is 5.73 Å². The van der Waals surface area contributed by atoms with Crippen molar-refractivity contribution in [2.45, 2.75) is 88.2 Å². The number of ether oxygens (including phenoxy) is 1. The van der Waals surface area contributed by atoms with E-state index in [4.69, 9.17) is 31.0 Å². The second kappa shape index (κ2) is 12.7. The van der Waals surface area contributed by atoms with Gasteiger partial charge in [-0.05, 0) is 88.5 Å². The number of hydrogen-bond acceptors (Lipinski definition) is 14. The molecule has 1 saturated heterocycles. The van der Waals surface area contributed by atoms with E-state index >= 15 is 0 Å². The molecular weight excluding hydrogens is 697 g/mol. The molecule has 1 aromatic carbocycles. The number of anilines is 1. The number of nitrogens with zero attached hydrogens (tertiary/aromatic N) is 3. The van der Waals surface area contributed by atoms with E-state index in [1.807, 2.05) is 6.07 Å². The number of aliphatic carboxylic acids is 1. The smallest absolute Gasteiger partial charge is 0.418 e. The summed E-state index contributed by atoms with van der Waals surface area (Å²) in [5.74, 6) is -1.73. The zero-order valence-electron chi connectivity index (χ0n) is 27.3. The molecule has 3 heterocycles. The number of oxime groups is 1. The molecule has 2 aliphatic heterocycles. The Hall–Kier alpha value is -4.37. The minimum absolute atomic E-state index is 0.0591. The Kier molecular flexibility index (Phi) is 9.04. The van der Waals surface area contributed by atoms with Gasteiger partial charge in [-0.25, -0.2) is 9.78 Å². The Labute approximate surface area is 290 Å². The molecule has 18 nitrogen and oxygen atoms in total. The number of hydrogen-bond donors (Lipinski definition) is 7. The first-order chi connectivity index (χ1) is 23.4. The molecule has 2 amide bonds. The number of carboxylic acids is 1. The molecule has 0 radical (unpaired) electrons.